The van der Waals surface area contributed by atoms with E-state index in [0.29, 0.717) is 30.2 Å². The normalized spacial score (nSPS) is 20.1. The fraction of sp³-hybridized carbons (Fsp3) is 0.429. The average molecular weight is 298 g/mol. The van der Waals surface area contributed by atoms with Gasteiger partial charge < -0.3 is 15.2 Å². The molecule has 1 aromatic rings. The monoisotopic (exact) mass is 297 g/mol. The quantitative estimate of drug-likeness (QED) is 0.891. The van der Waals surface area contributed by atoms with Gasteiger partial charge in [-0.05, 0) is 18.9 Å². The van der Waals surface area contributed by atoms with E-state index in [1.54, 1.807) is 24.3 Å². The van der Waals surface area contributed by atoms with Gasteiger partial charge in [0.15, 0.2) is 6.04 Å². The second-order valence-electron chi connectivity index (χ2n) is 4.72. The molecule has 5 nitrogen and oxygen atoms in total. The van der Waals surface area contributed by atoms with E-state index in [9.17, 15) is 14.7 Å². The van der Waals surface area contributed by atoms with Crippen molar-refractivity contribution < 1.29 is 19.4 Å². The molecule has 1 heterocycles. The van der Waals surface area contributed by atoms with Gasteiger partial charge in [0, 0.05) is 17.2 Å². The highest BCUT2D eigenvalue weighted by atomic mass is 35.5. The van der Waals surface area contributed by atoms with Gasteiger partial charge in [-0.15, -0.1) is 0 Å². The van der Waals surface area contributed by atoms with Crippen LogP contribution in [0.3, 0.4) is 0 Å². The second kappa shape index (κ2) is 6.72. The van der Waals surface area contributed by atoms with Crippen LogP contribution in [0.1, 0.15) is 24.4 Å². The maximum atomic E-state index is 12.1. The number of carboxylic acids is 1. The molecule has 1 aromatic carbocycles. The summed E-state index contributed by atoms with van der Waals surface area (Å²) in [7, 11) is 0. The summed E-state index contributed by atoms with van der Waals surface area (Å²) in [4.78, 5) is 23.5. The molecule has 1 fully saturated rings. The lowest BCUT2D eigenvalue weighted by Crippen LogP contribution is -2.40. The number of nitrogens with one attached hydrogen (secondary N) is 1. The number of hydrogen-bond acceptors (Lipinski definition) is 3. The van der Waals surface area contributed by atoms with Crippen molar-refractivity contribution in [2.75, 3.05) is 13.2 Å². The Morgan fingerprint density at radius 1 is 1.40 bits per heavy atom. The summed E-state index contributed by atoms with van der Waals surface area (Å²) in [6.45, 7) is 0.983. The number of hydrogen-bond donors (Lipinski definition) is 2. The fourth-order valence-corrected chi connectivity index (χ4v) is 2.43. The zero-order chi connectivity index (χ0) is 14.5. The third kappa shape index (κ3) is 3.49. The van der Waals surface area contributed by atoms with E-state index in [0.717, 1.165) is 6.42 Å². The molecular formula is C14H16ClNO4. The molecule has 0 bridgehead atoms. The second-order valence-corrected chi connectivity index (χ2v) is 5.12. The first-order chi connectivity index (χ1) is 9.59. The van der Waals surface area contributed by atoms with Crippen LogP contribution in [0.4, 0.5) is 0 Å². The van der Waals surface area contributed by atoms with Crippen molar-refractivity contribution in [3.05, 3.63) is 34.9 Å². The van der Waals surface area contributed by atoms with E-state index in [-0.39, 0.29) is 11.8 Å². The van der Waals surface area contributed by atoms with Crippen molar-refractivity contribution in [1.82, 2.24) is 5.32 Å². The van der Waals surface area contributed by atoms with Gasteiger partial charge in [-0.25, -0.2) is 4.79 Å². The fourth-order valence-electron chi connectivity index (χ4n) is 2.19. The molecular weight excluding hydrogens is 282 g/mol. The molecule has 1 unspecified atom stereocenters. The minimum Gasteiger partial charge on any atom is -0.479 e. The van der Waals surface area contributed by atoms with Crippen molar-refractivity contribution in [2.24, 2.45) is 5.92 Å². The number of amides is 1. The summed E-state index contributed by atoms with van der Waals surface area (Å²) in [5, 5.41) is 12.2. The smallest absolute Gasteiger partial charge is 0.330 e. The number of rotatable bonds is 4. The van der Waals surface area contributed by atoms with E-state index in [4.69, 9.17) is 16.3 Å². The Balaban J connectivity index is 2.12. The number of carboxylic acid groups (broad SMARTS) is 1. The van der Waals surface area contributed by atoms with Crippen LogP contribution in [0.25, 0.3) is 0 Å². The highest BCUT2D eigenvalue weighted by molar-refractivity contribution is 6.31. The van der Waals surface area contributed by atoms with Crippen LogP contribution in [0, 0.1) is 5.92 Å². The Morgan fingerprint density at radius 3 is 2.75 bits per heavy atom. The summed E-state index contributed by atoms with van der Waals surface area (Å²) >= 11 is 5.99. The Morgan fingerprint density at radius 2 is 2.15 bits per heavy atom. The summed E-state index contributed by atoms with van der Waals surface area (Å²) in [6, 6.07) is 5.45. The first-order valence-electron chi connectivity index (χ1n) is 6.45. The minimum atomic E-state index is -1.14. The molecule has 1 aliphatic heterocycles. The molecule has 0 saturated carbocycles. The van der Waals surface area contributed by atoms with Crippen LogP contribution in [0.15, 0.2) is 24.3 Å². The van der Waals surface area contributed by atoms with Gasteiger partial charge >= 0.3 is 5.97 Å². The van der Waals surface area contributed by atoms with Crippen LogP contribution >= 0.6 is 11.6 Å². The number of benzene rings is 1. The zero-order valence-electron chi connectivity index (χ0n) is 10.8. The Labute approximate surface area is 121 Å². The van der Waals surface area contributed by atoms with E-state index in [1.165, 1.54) is 0 Å². The van der Waals surface area contributed by atoms with Crippen molar-refractivity contribution in [3.8, 4) is 0 Å². The largest absolute Gasteiger partial charge is 0.479 e. The number of carbonyl (C=O) groups excluding carboxylic acids is 1. The number of carbonyl (C=O) groups is 2. The molecule has 2 N–H and O–H groups in total. The minimum absolute atomic E-state index is 0.298. The van der Waals surface area contributed by atoms with Crippen molar-refractivity contribution in [2.45, 2.75) is 18.9 Å². The van der Waals surface area contributed by atoms with Crippen LogP contribution in [-0.4, -0.2) is 30.2 Å². The Bertz CT molecular complexity index is 500. The van der Waals surface area contributed by atoms with Gasteiger partial charge in [0.05, 0.1) is 12.5 Å². The lowest BCUT2D eigenvalue weighted by molar-refractivity contribution is -0.143. The zero-order valence-corrected chi connectivity index (χ0v) is 11.6. The molecule has 1 amide bonds. The lowest BCUT2D eigenvalue weighted by atomic mass is 10.00. The first kappa shape index (κ1) is 14.8. The SMILES string of the molecule is O=C(N[C@@H](C(=O)O)c1ccccc1Cl)C1CCCOC1. The average Bonchev–Trinajstić information content (AvgIpc) is 2.46. The molecule has 6 heteroatoms. The molecule has 0 radical (unpaired) electrons. The lowest BCUT2D eigenvalue weighted by Gasteiger charge is -2.24. The van der Waals surface area contributed by atoms with Crippen molar-refractivity contribution >= 4 is 23.5 Å². The van der Waals surface area contributed by atoms with Crippen molar-refractivity contribution in [3.63, 3.8) is 0 Å². The van der Waals surface area contributed by atoms with E-state index >= 15 is 0 Å². The number of ether oxygens (including phenoxy) is 1. The molecule has 108 valence electrons. The van der Waals surface area contributed by atoms with Gasteiger partial charge in [-0.3, -0.25) is 4.79 Å². The maximum Gasteiger partial charge on any atom is 0.330 e. The summed E-state index contributed by atoms with van der Waals surface area (Å²) in [5.41, 5.74) is 0.381. The maximum absolute atomic E-state index is 12.1. The number of halogens is 1. The third-order valence-electron chi connectivity index (χ3n) is 3.28. The summed E-state index contributed by atoms with van der Waals surface area (Å²) in [5.74, 6) is -1.74. The molecule has 0 spiro atoms. The Hall–Kier alpha value is -1.59. The first-order valence-corrected chi connectivity index (χ1v) is 6.82. The van der Waals surface area contributed by atoms with Gasteiger partial charge in [-0.2, -0.15) is 0 Å². The van der Waals surface area contributed by atoms with Crippen molar-refractivity contribution in [1.29, 1.82) is 0 Å². The van der Waals surface area contributed by atoms with E-state index < -0.39 is 12.0 Å². The van der Waals surface area contributed by atoms with Crippen LogP contribution in [-0.2, 0) is 14.3 Å². The van der Waals surface area contributed by atoms with Gasteiger partial charge in [0.1, 0.15) is 0 Å². The molecule has 0 aromatic heterocycles. The summed E-state index contributed by atoms with van der Waals surface area (Å²) < 4.78 is 5.24. The predicted octanol–water partition coefficient (Wildman–Crippen LogP) is 2.01. The van der Waals surface area contributed by atoms with E-state index in [1.807, 2.05) is 0 Å². The molecule has 0 aliphatic carbocycles. The third-order valence-corrected chi connectivity index (χ3v) is 3.63. The number of aliphatic carboxylic acids is 1. The highest BCUT2D eigenvalue weighted by Crippen LogP contribution is 2.24. The molecule has 1 aliphatic rings. The van der Waals surface area contributed by atoms with Gasteiger partial charge in [0.2, 0.25) is 5.91 Å². The van der Waals surface area contributed by atoms with Crippen LogP contribution in [0.2, 0.25) is 5.02 Å². The van der Waals surface area contributed by atoms with Gasteiger partial charge in [0.25, 0.3) is 0 Å². The Kier molecular flexibility index (Phi) is 4.98. The molecule has 20 heavy (non-hydrogen) atoms. The van der Waals surface area contributed by atoms with Gasteiger partial charge in [-0.1, -0.05) is 29.8 Å². The van der Waals surface area contributed by atoms with E-state index in [2.05, 4.69) is 5.32 Å². The van der Waals surface area contributed by atoms with Crippen LogP contribution < -0.4 is 5.32 Å². The topological polar surface area (TPSA) is 75.6 Å². The van der Waals surface area contributed by atoms with Crippen LogP contribution in [0.5, 0.6) is 0 Å². The highest BCUT2D eigenvalue weighted by Gasteiger charge is 2.28. The standard InChI is InChI=1S/C14H16ClNO4/c15-11-6-2-1-5-10(11)12(14(18)19)16-13(17)9-4-3-7-20-8-9/h1-2,5-6,9,12H,3-4,7-8H2,(H,16,17)(H,18,19)/t9?,12-/m1/s1. The molecule has 2 rings (SSSR count). The molecule has 1 saturated heterocycles. The summed E-state index contributed by atoms with van der Waals surface area (Å²) in [6.07, 6.45) is 1.52. The predicted molar refractivity (Wildman–Crippen MR) is 73.5 cm³/mol. The molecule has 2 atom stereocenters.